The van der Waals surface area contributed by atoms with Crippen LogP contribution in [0, 0.1) is 0 Å². The highest BCUT2D eigenvalue weighted by Crippen LogP contribution is 2.47. The largest absolute Gasteiger partial charge is 0.310 e. The normalized spacial score (nSPS) is 14.7. The topological polar surface area (TPSA) is 3.24 Å². The lowest BCUT2D eigenvalue weighted by Crippen LogP contribution is -2.77. The molecule has 5 heteroatoms. The summed E-state index contributed by atoms with van der Waals surface area (Å²) >= 11 is 3.86. The van der Waals surface area contributed by atoms with Gasteiger partial charge < -0.3 is 4.90 Å². The predicted octanol–water partition coefficient (Wildman–Crippen LogP) is 6.29. The van der Waals surface area contributed by atoms with Gasteiger partial charge in [0.2, 0.25) is 6.71 Å². The molecule has 0 unspecified atom stereocenters. The molecule has 3 aliphatic heterocycles. The van der Waals surface area contributed by atoms with E-state index in [1.54, 1.807) is 0 Å². The van der Waals surface area contributed by atoms with Gasteiger partial charge in [-0.05, 0) is 62.6 Å². The van der Waals surface area contributed by atoms with Crippen LogP contribution in [-0.4, -0.2) is 14.8 Å². The van der Waals surface area contributed by atoms with Gasteiger partial charge in [0.1, 0.15) is 0 Å². The second kappa shape index (κ2) is 10.7. The molecule has 0 aliphatic carbocycles. The molecule has 0 saturated carbocycles. The molecule has 3 heterocycles. The molecule has 0 spiro atoms. The number of benzene rings is 7. The molecule has 3 aliphatic rings. The van der Waals surface area contributed by atoms with E-state index in [-0.39, 0.29) is 6.71 Å². The molecule has 0 saturated heterocycles. The molecule has 10 rings (SSSR count). The second-order valence-electron chi connectivity index (χ2n) is 12.4. The van der Waals surface area contributed by atoms with Crippen LogP contribution >= 0.6 is 23.5 Å². The lowest BCUT2D eigenvalue weighted by Gasteiger charge is -2.46. The first-order valence-corrected chi connectivity index (χ1v) is 19.8. The summed E-state index contributed by atoms with van der Waals surface area (Å²) in [6, 6.07) is 63.8. The fourth-order valence-electron chi connectivity index (χ4n) is 8.22. The molecule has 0 N–H and O–H groups in total. The zero-order valence-corrected chi connectivity index (χ0v) is 28.1. The molecule has 0 radical (unpaired) electrons. The van der Waals surface area contributed by atoms with Crippen LogP contribution in [0.3, 0.4) is 0 Å². The molecule has 0 amide bonds. The van der Waals surface area contributed by atoms with Crippen molar-refractivity contribution in [3.05, 3.63) is 170 Å². The summed E-state index contributed by atoms with van der Waals surface area (Å²) in [5.74, 6) is 0. The van der Waals surface area contributed by atoms with Crippen molar-refractivity contribution in [1.82, 2.24) is 0 Å². The third kappa shape index (κ3) is 3.88. The Labute approximate surface area is 285 Å². The zero-order valence-electron chi connectivity index (χ0n) is 25.5. The molecule has 7 aromatic carbocycles. The molecule has 0 atom stereocenters. The Kier molecular flexibility index (Phi) is 6.23. The van der Waals surface area contributed by atoms with Crippen molar-refractivity contribution in [1.29, 1.82) is 0 Å². The van der Waals surface area contributed by atoms with Gasteiger partial charge >= 0.3 is 0 Å². The summed E-state index contributed by atoms with van der Waals surface area (Å²) in [5.41, 5.74) is 8.09. The molecular weight excluding hydrogens is 622 g/mol. The van der Waals surface area contributed by atoms with Gasteiger partial charge in [-0.15, -0.1) is 0 Å². The lowest BCUT2D eigenvalue weighted by atomic mass is 9.36. The first kappa shape index (κ1) is 27.4. The molecular formula is C42H28BNS2Si. The summed E-state index contributed by atoms with van der Waals surface area (Å²) in [4.78, 5) is 8.03. The van der Waals surface area contributed by atoms with Crippen molar-refractivity contribution >= 4 is 92.5 Å². The van der Waals surface area contributed by atoms with Gasteiger partial charge in [-0.25, -0.2) is 0 Å². The summed E-state index contributed by atoms with van der Waals surface area (Å²) in [6.45, 7) is 0.215. The molecule has 220 valence electrons. The van der Waals surface area contributed by atoms with E-state index >= 15 is 0 Å². The van der Waals surface area contributed by atoms with Crippen LogP contribution in [0.25, 0.3) is 0 Å². The monoisotopic (exact) mass is 649 g/mol. The number of para-hydroxylation sites is 2. The van der Waals surface area contributed by atoms with E-state index in [0.29, 0.717) is 0 Å². The maximum absolute atomic E-state index is 2.66. The zero-order chi connectivity index (χ0) is 31.0. The fourth-order valence-corrected chi connectivity index (χ4v) is 15.8. The molecule has 47 heavy (non-hydrogen) atoms. The number of hydrogen-bond donors (Lipinski definition) is 0. The van der Waals surface area contributed by atoms with Crippen LogP contribution in [0.5, 0.6) is 0 Å². The van der Waals surface area contributed by atoms with Crippen molar-refractivity contribution in [2.45, 2.75) is 19.6 Å². The summed E-state index contributed by atoms with van der Waals surface area (Å²) in [5, 5.41) is 5.68. The van der Waals surface area contributed by atoms with E-state index in [1.807, 2.05) is 23.5 Å². The first-order valence-electron chi connectivity index (χ1n) is 16.1. The minimum absolute atomic E-state index is 0.215. The number of hydrogen-bond acceptors (Lipinski definition) is 3. The predicted molar refractivity (Wildman–Crippen MR) is 204 cm³/mol. The molecule has 1 nitrogen and oxygen atoms in total. The van der Waals surface area contributed by atoms with Crippen molar-refractivity contribution in [3.8, 4) is 0 Å². The van der Waals surface area contributed by atoms with Crippen LogP contribution in [0.2, 0.25) is 0 Å². The van der Waals surface area contributed by atoms with Gasteiger partial charge in [0.05, 0.1) is 5.69 Å². The SMILES string of the molecule is c1ccc([Si]2(c3ccccc3)c3ccccc3N(c3ccc4c5c3Sc3ccccc3B5c3ccccc3S4)c3ccccc32)cc1. The van der Waals surface area contributed by atoms with E-state index in [1.165, 1.54) is 73.8 Å². The van der Waals surface area contributed by atoms with Gasteiger partial charge in [-0.1, -0.05) is 168 Å². The maximum atomic E-state index is 2.58. The van der Waals surface area contributed by atoms with Crippen LogP contribution in [0.1, 0.15) is 0 Å². The summed E-state index contributed by atoms with van der Waals surface area (Å²) in [6.07, 6.45) is 0. The van der Waals surface area contributed by atoms with Gasteiger partial charge in [0.15, 0.2) is 8.07 Å². The van der Waals surface area contributed by atoms with E-state index in [0.717, 1.165) is 0 Å². The summed E-state index contributed by atoms with van der Waals surface area (Å²) in [7, 11) is -2.66. The van der Waals surface area contributed by atoms with Crippen molar-refractivity contribution < 1.29 is 0 Å². The van der Waals surface area contributed by atoms with Crippen LogP contribution in [0.4, 0.5) is 17.1 Å². The highest BCUT2D eigenvalue weighted by Gasteiger charge is 2.49. The van der Waals surface area contributed by atoms with E-state index in [2.05, 4.69) is 175 Å². The number of rotatable bonds is 3. The maximum Gasteiger partial charge on any atom is 0.247 e. The first-order chi connectivity index (χ1) is 23.3. The Morgan fingerprint density at radius 1 is 0.404 bits per heavy atom. The third-order valence-electron chi connectivity index (χ3n) is 10.1. The Bertz CT molecular complexity index is 2240. The average Bonchev–Trinajstić information content (AvgIpc) is 3.15. The van der Waals surface area contributed by atoms with Gasteiger partial charge in [0, 0.05) is 31.0 Å². The summed E-state index contributed by atoms with van der Waals surface area (Å²) < 4.78 is 0. The van der Waals surface area contributed by atoms with Crippen LogP contribution < -0.4 is 42.0 Å². The van der Waals surface area contributed by atoms with E-state index < -0.39 is 8.07 Å². The highest BCUT2D eigenvalue weighted by atomic mass is 32.2. The molecule has 0 fully saturated rings. The van der Waals surface area contributed by atoms with Gasteiger partial charge in [0.25, 0.3) is 0 Å². The van der Waals surface area contributed by atoms with Crippen molar-refractivity contribution in [2.24, 2.45) is 0 Å². The standard InChI is InChI=1S/C42H28BNS2Si/c1-3-15-29(16-4-1)47(30-17-5-2-6-18-30)39-25-13-9-21-33(39)44(34-22-10-14-26-40(34)47)35-27-28-38-41-42(35)46-37-24-12-8-20-32(37)43(41)31-19-7-11-23-36(31)45-38/h1-28H. The van der Waals surface area contributed by atoms with Crippen LogP contribution in [-0.2, 0) is 0 Å². The van der Waals surface area contributed by atoms with Gasteiger partial charge in [-0.2, -0.15) is 0 Å². The number of fused-ring (bicyclic) bond motifs is 6. The van der Waals surface area contributed by atoms with E-state index in [4.69, 9.17) is 0 Å². The lowest BCUT2D eigenvalue weighted by molar-refractivity contribution is 1.22. The van der Waals surface area contributed by atoms with Gasteiger partial charge in [-0.3, -0.25) is 0 Å². The highest BCUT2D eigenvalue weighted by molar-refractivity contribution is 8.01. The molecule has 7 aromatic rings. The number of anilines is 3. The minimum Gasteiger partial charge on any atom is -0.310 e. The molecule has 0 aromatic heterocycles. The average molecular weight is 650 g/mol. The van der Waals surface area contributed by atoms with Crippen LogP contribution in [0.15, 0.2) is 189 Å². The number of nitrogens with zero attached hydrogens (tertiary/aromatic N) is 1. The third-order valence-corrected chi connectivity index (χ3v) is 17.3. The fraction of sp³-hybridized carbons (Fsp3) is 0. The van der Waals surface area contributed by atoms with Crippen molar-refractivity contribution in [2.75, 3.05) is 4.90 Å². The van der Waals surface area contributed by atoms with Crippen molar-refractivity contribution in [3.63, 3.8) is 0 Å². The Balaban J connectivity index is 1.28. The minimum atomic E-state index is -2.66. The second-order valence-corrected chi connectivity index (χ2v) is 18.3. The van der Waals surface area contributed by atoms with E-state index in [9.17, 15) is 0 Å². The molecule has 0 bridgehead atoms. The smallest absolute Gasteiger partial charge is 0.247 e. The Morgan fingerprint density at radius 3 is 1.49 bits per heavy atom. The quantitative estimate of drug-likeness (QED) is 0.207. The Morgan fingerprint density at radius 2 is 0.894 bits per heavy atom. The Hall–Kier alpha value is -4.68.